The molecule has 5 nitrogen and oxygen atoms in total. The Balaban J connectivity index is 1.82. The molecule has 6 heteroatoms. The molecular weight excluding hydrogens is 298 g/mol. The Bertz CT molecular complexity index is 694. The summed E-state index contributed by atoms with van der Waals surface area (Å²) in [5.74, 6) is 0.381. The minimum atomic E-state index is -0.0986. The number of ether oxygens (including phenoxy) is 1. The number of thiazole rings is 1. The van der Waals surface area contributed by atoms with Gasteiger partial charge in [-0.15, -0.1) is 0 Å². The minimum absolute atomic E-state index is 0.0279. The number of carbonyl (C=O) groups excluding carboxylic acids is 1. The molecule has 0 aliphatic heterocycles. The molecule has 0 saturated heterocycles. The Morgan fingerprint density at radius 1 is 1.45 bits per heavy atom. The van der Waals surface area contributed by atoms with Crippen LogP contribution in [0.5, 0.6) is 5.19 Å². The van der Waals surface area contributed by atoms with Crippen LogP contribution in [-0.2, 0) is 0 Å². The van der Waals surface area contributed by atoms with Crippen LogP contribution in [0.1, 0.15) is 45.5 Å². The van der Waals surface area contributed by atoms with Crippen molar-refractivity contribution in [2.24, 2.45) is 5.92 Å². The fourth-order valence-electron chi connectivity index (χ4n) is 2.47. The summed E-state index contributed by atoms with van der Waals surface area (Å²) < 4.78 is 5.11. The van der Waals surface area contributed by atoms with Crippen LogP contribution in [0.15, 0.2) is 18.3 Å². The molecule has 1 aliphatic rings. The van der Waals surface area contributed by atoms with E-state index in [1.807, 2.05) is 26.0 Å². The van der Waals surface area contributed by atoms with Gasteiger partial charge in [-0.2, -0.15) is 0 Å². The van der Waals surface area contributed by atoms with Gasteiger partial charge in [0, 0.05) is 6.20 Å². The SMILES string of the molecule is COc1nc(C)c(C(=O)N[C@H](c2cc(C)ccn2)C2CC2)s1. The first-order valence-corrected chi connectivity index (χ1v) is 8.15. The van der Waals surface area contributed by atoms with Crippen molar-refractivity contribution in [2.75, 3.05) is 7.11 Å². The lowest BCUT2D eigenvalue weighted by atomic mass is 10.1. The molecule has 0 spiro atoms. The average Bonchev–Trinajstić information content (AvgIpc) is 3.26. The largest absolute Gasteiger partial charge is 0.473 e. The second kappa shape index (κ2) is 6.04. The molecule has 116 valence electrons. The van der Waals surface area contributed by atoms with Crippen LogP contribution < -0.4 is 10.1 Å². The van der Waals surface area contributed by atoms with Crippen molar-refractivity contribution in [1.29, 1.82) is 0 Å². The third kappa shape index (κ3) is 3.11. The van der Waals surface area contributed by atoms with E-state index in [1.54, 1.807) is 13.3 Å². The third-order valence-electron chi connectivity index (χ3n) is 3.79. The molecule has 1 saturated carbocycles. The van der Waals surface area contributed by atoms with Gasteiger partial charge in [0.1, 0.15) is 4.88 Å². The van der Waals surface area contributed by atoms with Crippen molar-refractivity contribution in [3.05, 3.63) is 40.2 Å². The van der Waals surface area contributed by atoms with E-state index in [4.69, 9.17) is 4.74 Å². The molecule has 2 aromatic heterocycles. The third-order valence-corrected chi connectivity index (χ3v) is 4.91. The van der Waals surface area contributed by atoms with Gasteiger partial charge in [-0.1, -0.05) is 11.3 Å². The molecule has 1 N–H and O–H groups in total. The van der Waals surface area contributed by atoms with Crippen LogP contribution >= 0.6 is 11.3 Å². The fourth-order valence-corrected chi connectivity index (χ4v) is 3.25. The van der Waals surface area contributed by atoms with Crippen molar-refractivity contribution >= 4 is 17.2 Å². The van der Waals surface area contributed by atoms with Crippen LogP contribution in [0.25, 0.3) is 0 Å². The Hall–Kier alpha value is -1.95. The van der Waals surface area contributed by atoms with E-state index in [0.29, 0.717) is 21.7 Å². The number of methoxy groups -OCH3 is 1. The highest BCUT2D eigenvalue weighted by Crippen LogP contribution is 2.41. The van der Waals surface area contributed by atoms with Gasteiger partial charge in [-0.05, 0) is 50.3 Å². The van der Waals surface area contributed by atoms with Crippen LogP contribution in [0.4, 0.5) is 0 Å². The second-order valence-corrected chi connectivity index (χ2v) is 6.61. The fraction of sp³-hybridized carbons (Fsp3) is 0.438. The van der Waals surface area contributed by atoms with Crippen molar-refractivity contribution in [3.8, 4) is 5.19 Å². The molecule has 2 aromatic rings. The highest BCUT2D eigenvalue weighted by atomic mass is 32.1. The number of amides is 1. The maximum absolute atomic E-state index is 12.6. The van der Waals surface area contributed by atoms with Gasteiger partial charge in [-0.25, -0.2) is 4.98 Å². The molecule has 1 amide bonds. The van der Waals surface area contributed by atoms with E-state index in [0.717, 1.165) is 24.1 Å². The van der Waals surface area contributed by atoms with Gasteiger partial charge >= 0.3 is 0 Å². The number of nitrogens with one attached hydrogen (secondary N) is 1. The van der Waals surface area contributed by atoms with Gasteiger partial charge in [0.2, 0.25) is 0 Å². The van der Waals surface area contributed by atoms with E-state index < -0.39 is 0 Å². The van der Waals surface area contributed by atoms with Crippen molar-refractivity contribution in [1.82, 2.24) is 15.3 Å². The molecule has 1 fully saturated rings. The van der Waals surface area contributed by atoms with E-state index in [2.05, 4.69) is 15.3 Å². The first-order chi connectivity index (χ1) is 10.6. The monoisotopic (exact) mass is 317 g/mol. The standard InChI is InChI=1S/C16H19N3O2S/c1-9-6-7-17-12(8-9)13(11-4-5-11)19-15(20)14-10(2)18-16(21-3)22-14/h6-8,11,13H,4-5H2,1-3H3,(H,19,20)/t13-/m0/s1. The molecule has 3 rings (SSSR count). The van der Waals surface area contributed by atoms with Crippen molar-refractivity contribution in [3.63, 3.8) is 0 Å². The molecule has 0 bridgehead atoms. The number of nitrogens with zero attached hydrogens (tertiary/aromatic N) is 2. The van der Waals surface area contributed by atoms with Crippen LogP contribution in [0, 0.1) is 19.8 Å². The van der Waals surface area contributed by atoms with E-state index in [1.165, 1.54) is 11.3 Å². The second-order valence-electron chi connectivity index (χ2n) is 5.65. The smallest absolute Gasteiger partial charge is 0.273 e. The number of hydrogen-bond donors (Lipinski definition) is 1. The highest BCUT2D eigenvalue weighted by molar-refractivity contribution is 7.15. The average molecular weight is 317 g/mol. The molecule has 0 radical (unpaired) electrons. The highest BCUT2D eigenvalue weighted by Gasteiger charge is 2.35. The molecular formula is C16H19N3O2S. The summed E-state index contributed by atoms with van der Waals surface area (Å²) in [6.45, 7) is 3.86. The molecule has 1 aliphatic carbocycles. The summed E-state index contributed by atoms with van der Waals surface area (Å²) >= 11 is 1.27. The lowest BCUT2D eigenvalue weighted by molar-refractivity contribution is 0.0934. The number of aryl methyl sites for hydroxylation is 2. The Morgan fingerprint density at radius 2 is 2.23 bits per heavy atom. The van der Waals surface area contributed by atoms with Crippen molar-refractivity contribution in [2.45, 2.75) is 32.7 Å². The van der Waals surface area contributed by atoms with Gasteiger partial charge in [0.05, 0.1) is 24.5 Å². The molecule has 0 unspecified atom stereocenters. The number of carbonyl (C=O) groups is 1. The predicted octanol–water partition coefficient (Wildman–Crippen LogP) is 3.04. The summed E-state index contributed by atoms with van der Waals surface area (Å²) in [6, 6.07) is 3.98. The predicted molar refractivity (Wildman–Crippen MR) is 85.3 cm³/mol. The maximum Gasteiger partial charge on any atom is 0.273 e. The van der Waals surface area contributed by atoms with Gasteiger partial charge in [0.15, 0.2) is 0 Å². The molecule has 1 atom stereocenters. The number of hydrogen-bond acceptors (Lipinski definition) is 5. The minimum Gasteiger partial charge on any atom is -0.473 e. The Kier molecular flexibility index (Phi) is 4.11. The maximum atomic E-state index is 12.6. The number of pyridine rings is 1. The number of aromatic nitrogens is 2. The topological polar surface area (TPSA) is 64.1 Å². The summed E-state index contributed by atoms with van der Waals surface area (Å²) in [5, 5.41) is 3.64. The summed E-state index contributed by atoms with van der Waals surface area (Å²) in [4.78, 5) is 21.8. The van der Waals surface area contributed by atoms with E-state index in [9.17, 15) is 4.79 Å². The van der Waals surface area contributed by atoms with Crippen LogP contribution in [0.3, 0.4) is 0 Å². The van der Waals surface area contributed by atoms with Crippen molar-refractivity contribution < 1.29 is 9.53 Å². The van der Waals surface area contributed by atoms with Gasteiger partial charge < -0.3 is 10.1 Å². The quantitative estimate of drug-likeness (QED) is 0.920. The first-order valence-electron chi connectivity index (χ1n) is 7.33. The van der Waals surface area contributed by atoms with Gasteiger partial charge in [0.25, 0.3) is 11.1 Å². The summed E-state index contributed by atoms with van der Waals surface area (Å²) in [5.41, 5.74) is 2.79. The van der Waals surface area contributed by atoms with Crippen LogP contribution in [-0.4, -0.2) is 23.0 Å². The Morgan fingerprint density at radius 3 is 2.82 bits per heavy atom. The first kappa shape index (κ1) is 15.0. The van der Waals surface area contributed by atoms with Gasteiger partial charge in [-0.3, -0.25) is 9.78 Å². The molecule has 22 heavy (non-hydrogen) atoms. The molecule has 2 heterocycles. The lowest BCUT2D eigenvalue weighted by Crippen LogP contribution is -2.30. The van der Waals surface area contributed by atoms with Crippen LogP contribution in [0.2, 0.25) is 0 Å². The zero-order chi connectivity index (χ0) is 15.7. The normalized spacial score (nSPS) is 15.4. The van der Waals surface area contributed by atoms with E-state index in [-0.39, 0.29) is 11.9 Å². The van der Waals surface area contributed by atoms with E-state index >= 15 is 0 Å². The Labute approximate surface area is 133 Å². The summed E-state index contributed by atoms with van der Waals surface area (Å²) in [7, 11) is 1.56. The molecule has 0 aromatic carbocycles. The lowest BCUT2D eigenvalue weighted by Gasteiger charge is -2.17. The zero-order valence-corrected chi connectivity index (χ0v) is 13.7. The summed E-state index contributed by atoms with van der Waals surface area (Å²) in [6.07, 6.45) is 4.06. The zero-order valence-electron chi connectivity index (χ0n) is 12.9. The number of rotatable bonds is 5.